The van der Waals surface area contributed by atoms with Crippen molar-refractivity contribution in [1.82, 2.24) is 10.3 Å². The number of nitrogens with zero attached hydrogens (tertiary/aromatic N) is 1. The molecular weight excluding hydrogens is 263 g/mol. The van der Waals surface area contributed by atoms with Gasteiger partial charge in [-0.15, -0.1) is 0 Å². The summed E-state index contributed by atoms with van der Waals surface area (Å²) in [7, 11) is 2.02. The molecule has 2 nitrogen and oxygen atoms in total. The summed E-state index contributed by atoms with van der Waals surface area (Å²) in [5.41, 5.74) is 1.85. The number of pyridine rings is 1. The molecule has 4 fully saturated rings. The highest BCUT2D eigenvalue weighted by atomic mass is 19.1. The number of halogens is 1. The van der Waals surface area contributed by atoms with Gasteiger partial charge in [0.05, 0.1) is 6.20 Å². The lowest BCUT2D eigenvalue weighted by atomic mass is 9.43. The number of aromatic nitrogens is 1. The number of rotatable bonds is 3. The van der Waals surface area contributed by atoms with Crippen LogP contribution in [-0.4, -0.2) is 12.0 Å². The molecule has 4 bridgehead atoms. The first-order valence-corrected chi connectivity index (χ1v) is 8.30. The summed E-state index contributed by atoms with van der Waals surface area (Å²) in [5, 5.41) is 3.51. The summed E-state index contributed by atoms with van der Waals surface area (Å²) in [4.78, 5) is 4.08. The molecule has 4 aliphatic rings. The summed E-state index contributed by atoms with van der Waals surface area (Å²) >= 11 is 0. The van der Waals surface area contributed by atoms with E-state index < -0.39 is 0 Å². The minimum Gasteiger partial charge on any atom is -0.312 e. The van der Waals surface area contributed by atoms with Crippen LogP contribution >= 0.6 is 0 Å². The van der Waals surface area contributed by atoms with E-state index in [1.165, 1.54) is 44.7 Å². The molecule has 0 aromatic carbocycles. The van der Waals surface area contributed by atoms with Crippen LogP contribution in [0.15, 0.2) is 18.5 Å². The Morgan fingerprint density at radius 2 is 1.95 bits per heavy atom. The van der Waals surface area contributed by atoms with E-state index in [4.69, 9.17) is 0 Å². The third-order valence-electron chi connectivity index (χ3n) is 6.36. The molecule has 3 unspecified atom stereocenters. The first kappa shape index (κ1) is 13.7. The van der Waals surface area contributed by atoms with Gasteiger partial charge < -0.3 is 5.32 Å². The molecular formula is C18H25FN2. The van der Waals surface area contributed by atoms with Crippen LogP contribution in [0.25, 0.3) is 0 Å². The molecule has 3 heteroatoms. The Kier molecular flexibility index (Phi) is 2.94. The Hall–Kier alpha value is -0.960. The van der Waals surface area contributed by atoms with E-state index in [9.17, 15) is 4.39 Å². The summed E-state index contributed by atoms with van der Waals surface area (Å²) in [6.45, 7) is 2.48. The van der Waals surface area contributed by atoms with E-state index in [0.717, 1.165) is 17.4 Å². The first-order chi connectivity index (χ1) is 10.0. The van der Waals surface area contributed by atoms with E-state index in [2.05, 4.69) is 17.2 Å². The Balaban J connectivity index is 1.73. The second-order valence-corrected chi connectivity index (χ2v) is 8.29. The number of hydrogen-bond acceptors (Lipinski definition) is 2. The van der Waals surface area contributed by atoms with Gasteiger partial charge in [-0.25, -0.2) is 4.39 Å². The normalized spacial score (nSPS) is 42.2. The Morgan fingerprint density at radius 1 is 1.24 bits per heavy atom. The fourth-order valence-electron chi connectivity index (χ4n) is 6.55. The summed E-state index contributed by atoms with van der Waals surface area (Å²) in [6.07, 6.45) is 11.3. The maximum Gasteiger partial charge on any atom is 0.141 e. The van der Waals surface area contributed by atoms with Crippen LogP contribution in [-0.2, 0) is 0 Å². The molecule has 4 saturated carbocycles. The first-order valence-electron chi connectivity index (χ1n) is 8.30. The van der Waals surface area contributed by atoms with Gasteiger partial charge in [0.25, 0.3) is 0 Å². The van der Waals surface area contributed by atoms with Gasteiger partial charge >= 0.3 is 0 Å². The van der Waals surface area contributed by atoms with Crippen LogP contribution < -0.4 is 5.32 Å². The Bertz CT molecular complexity index is 542. The minimum atomic E-state index is -0.219. The summed E-state index contributed by atoms with van der Waals surface area (Å²) in [6, 6.07) is 1.92. The van der Waals surface area contributed by atoms with E-state index in [1.807, 2.05) is 13.2 Å². The van der Waals surface area contributed by atoms with Crippen LogP contribution in [0.3, 0.4) is 0 Å². The fourth-order valence-corrected chi connectivity index (χ4v) is 6.55. The minimum absolute atomic E-state index is 0.219. The van der Waals surface area contributed by atoms with Crippen molar-refractivity contribution in [2.24, 2.45) is 22.7 Å². The predicted molar refractivity (Wildman–Crippen MR) is 81.2 cm³/mol. The fraction of sp³-hybridized carbons (Fsp3) is 0.722. The van der Waals surface area contributed by atoms with Crippen molar-refractivity contribution < 1.29 is 4.39 Å². The van der Waals surface area contributed by atoms with Crippen molar-refractivity contribution in [2.45, 2.75) is 51.5 Å². The van der Waals surface area contributed by atoms with Gasteiger partial charge in [-0.1, -0.05) is 6.92 Å². The van der Waals surface area contributed by atoms with Crippen LogP contribution in [0, 0.1) is 28.5 Å². The average Bonchev–Trinajstić information content (AvgIpc) is 2.36. The predicted octanol–water partition coefficient (Wildman–Crippen LogP) is 4.09. The molecule has 1 N–H and O–H groups in total. The van der Waals surface area contributed by atoms with Gasteiger partial charge in [0.15, 0.2) is 0 Å². The van der Waals surface area contributed by atoms with Crippen LogP contribution in [0.4, 0.5) is 4.39 Å². The molecule has 5 rings (SSSR count). The third kappa shape index (κ3) is 2.12. The Labute approximate surface area is 126 Å². The molecule has 4 aliphatic carbocycles. The van der Waals surface area contributed by atoms with E-state index in [1.54, 1.807) is 6.07 Å². The van der Waals surface area contributed by atoms with Gasteiger partial charge in [0, 0.05) is 12.2 Å². The smallest absolute Gasteiger partial charge is 0.141 e. The molecule has 1 aromatic heterocycles. The second-order valence-electron chi connectivity index (χ2n) is 8.29. The maximum atomic E-state index is 13.6. The highest BCUT2D eigenvalue weighted by molar-refractivity contribution is 5.22. The molecule has 0 spiro atoms. The molecule has 114 valence electrons. The molecule has 21 heavy (non-hydrogen) atoms. The summed E-state index contributed by atoms with van der Waals surface area (Å²) in [5.74, 6) is 1.55. The molecule has 0 radical (unpaired) electrons. The van der Waals surface area contributed by atoms with Gasteiger partial charge in [-0.05, 0) is 79.9 Å². The van der Waals surface area contributed by atoms with Crippen LogP contribution in [0.5, 0.6) is 0 Å². The SMILES string of the molecule is CNC(c1cncc(F)c1)C12CC3CC(CC(C)(C3)C1)C2. The molecule has 0 saturated heterocycles. The van der Waals surface area contributed by atoms with Crippen molar-refractivity contribution >= 4 is 0 Å². The van der Waals surface area contributed by atoms with Crippen molar-refractivity contribution in [3.05, 3.63) is 29.8 Å². The third-order valence-corrected chi connectivity index (χ3v) is 6.36. The maximum absolute atomic E-state index is 13.6. The van der Waals surface area contributed by atoms with E-state index >= 15 is 0 Å². The largest absolute Gasteiger partial charge is 0.312 e. The summed E-state index contributed by atoms with van der Waals surface area (Å²) < 4.78 is 13.6. The standard InChI is InChI=1S/C18H25FN2/c1-17-5-12-3-13(6-17)8-18(7-12,11-17)16(20-2)14-4-15(19)10-21-9-14/h4,9-10,12-13,16,20H,3,5-8,11H2,1-2H3. The van der Waals surface area contributed by atoms with E-state index in [-0.39, 0.29) is 11.9 Å². The molecule has 1 aromatic rings. The van der Waals surface area contributed by atoms with Crippen molar-refractivity contribution in [2.75, 3.05) is 7.05 Å². The van der Waals surface area contributed by atoms with Gasteiger partial charge in [0.1, 0.15) is 5.82 Å². The van der Waals surface area contributed by atoms with Gasteiger partial charge in [0.2, 0.25) is 0 Å². The highest BCUT2D eigenvalue weighted by Crippen LogP contribution is 2.68. The Morgan fingerprint density at radius 3 is 2.52 bits per heavy atom. The number of hydrogen-bond donors (Lipinski definition) is 1. The van der Waals surface area contributed by atoms with Crippen LogP contribution in [0.2, 0.25) is 0 Å². The van der Waals surface area contributed by atoms with Gasteiger partial charge in [-0.3, -0.25) is 4.98 Å². The van der Waals surface area contributed by atoms with Crippen molar-refractivity contribution in [1.29, 1.82) is 0 Å². The lowest BCUT2D eigenvalue weighted by Gasteiger charge is -2.63. The molecule has 1 heterocycles. The lowest BCUT2D eigenvalue weighted by Crippen LogP contribution is -2.55. The topological polar surface area (TPSA) is 24.9 Å². The molecule has 0 amide bonds. The average molecular weight is 288 g/mol. The number of nitrogens with one attached hydrogen (secondary N) is 1. The zero-order valence-electron chi connectivity index (χ0n) is 13.0. The molecule has 0 aliphatic heterocycles. The second kappa shape index (κ2) is 4.52. The van der Waals surface area contributed by atoms with Gasteiger partial charge in [-0.2, -0.15) is 0 Å². The van der Waals surface area contributed by atoms with Crippen molar-refractivity contribution in [3.8, 4) is 0 Å². The quantitative estimate of drug-likeness (QED) is 0.906. The molecule has 3 atom stereocenters. The van der Waals surface area contributed by atoms with Crippen molar-refractivity contribution in [3.63, 3.8) is 0 Å². The zero-order chi connectivity index (χ0) is 14.7. The van der Waals surface area contributed by atoms with E-state index in [0.29, 0.717) is 10.8 Å². The monoisotopic (exact) mass is 288 g/mol. The van der Waals surface area contributed by atoms with Crippen LogP contribution in [0.1, 0.15) is 57.1 Å². The lowest BCUT2D eigenvalue weighted by molar-refractivity contribution is -0.118. The zero-order valence-corrected chi connectivity index (χ0v) is 13.0. The highest BCUT2D eigenvalue weighted by Gasteiger charge is 2.58.